The van der Waals surface area contributed by atoms with E-state index in [9.17, 15) is 8.78 Å². The fourth-order valence-electron chi connectivity index (χ4n) is 1.96. The van der Waals surface area contributed by atoms with Gasteiger partial charge in [-0.3, -0.25) is 4.68 Å². The number of rotatable bonds is 5. The van der Waals surface area contributed by atoms with Crippen LogP contribution in [0.15, 0.2) is 30.6 Å². The van der Waals surface area contributed by atoms with Crippen LogP contribution in [-0.4, -0.2) is 16.3 Å². The molecule has 3 nitrogen and oxygen atoms in total. The molecule has 0 bridgehead atoms. The average molecular weight is 265 g/mol. The molecule has 102 valence electrons. The quantitative estimate of drug-likeness (QED) is 0.901. The summed E-state index contributed by atoms with van der Waals surface area (Å²) < 4.78 is 28.6. The molecular weight excluding hydrogens is 248 g/mol. The van der Waals surface area contributed by atoms with Crippen molar-refractivity contribution in [2.45, 2.75) is 26.4 Å². The Hall–Kier alpha value is -1.75. The van der Waals surface area contributed by atoms with E-state index in [2.05, 4.69) is 10.4 Å². The number of nitrogens with one attached hydrogen (secondary N) is 1. The zero-order valence-electron chi connectivity index (χ0n) is 11.0. The van der Waals surface area contributed by atoms with Crippen LogP contribution in [0.2, 0.25) is 0 Å². The highest BCUT2D eigenvalue weighted by molar-refractivity contribution is 5.20. The molecule has 0 fully saturated rings. The summed E-state index contributed by atoms with van der Waals surface area (Å²) in [6.45, 7) is 5.00. The maximum Gasteiger partial charge on any atom is 0.131 e. The summed E-state index contributed by atoms with van der Waals surface area (Å²) in [7, 11) is 0. The predicted octanol–water partition coefficient (Wildman–Crippen LogP) is 2.88. The Labute approximate surface area is 111 Å². The second kappa shape index (κ2) is 5.93. The third-order valence-electron chi connectivity index (χ3n) is 3.05. The van der Waals surface area contributed by atoms with Gasteiger partial charge >= 0.3 is 0 Å². The Balaban J connectivity index is 2.16. The van der Waals surface area contributed by atoms with Gasteiger partial charge in [0.05, 0.1) is 12.7 Å². The molecule has 2 aromatic rings. The lowest BCUT2D eigenvalue weighted by Gasteiger charge is -2.09. The largest absolute Gasteiger partial charge is 0.310 e. The van der Waals surface area contributed by atoms with Crippen LogP contribution in [-0.2, 0) is 6.54 Å². The second-order valence-electron chi connectivity index (χ2n) is 4.45. The third-order valence-corrected chi connectivity index (χ3v) is 3.05. The first-order valence-corrected chi connectivity index (χ1v) is 6.30. The van der Waals surface area contributed by atoms with Crippen molar-refractivity contribution >= 4 is 0 Å². The molecule has 5 heteroatoms. The van der Waals surface area contributed by atoms with Crippen molar-refractivity contribution in [3.63, 3.8) is 0 Å². The van der Waals surface area contributed by atoms with Crippen molar-refractivity contribution in [2.75, 3.05) is 6.54 Å². The molecule has 1 aromatic heterocycles. The average Bonchev–Trinajstić information content (AvgIpc) is 2.83. The zero-order valence-corrected chi connectivity index (χ0v) is 11.0. The van der Waals surface area contributed by atoms with Gasteiger partial charge in [0, 0.05) is 23.4 Å². The van der Waals surface area contributed by atoms with Crippen LogP contribution in [0.1, 0.15) is 31.0 Å². The van der Waals surface area contributed by atoms with Crippen molar-refractivity contribution in [3.05, 3.63) is 53.4 Å². The first-order valence-electron chi connectivity index (χ1n) is 6.30. The van der Waals surface area contributed by atoms with Crippen LogP contribution in [0, 0.1) is 11.6 Å². The molecule has 0 amide bonds. The summed E-state index contributed by atoms with van der Waals surface area (Å²) in [5.41, 5.74) is 1.03. The molecule has 1 unspecified atom stereocenters. The van der Waals surface area contributed by atoms with E-state index in [0.29, 0.717) is 0 Å². The molecule has 0 radical (unpaired) electrons. The van der Waals surface area contributed by atoms with Gasteiger partial charge in [-0.1, -0.05) is 13.0 Å². The Morgan fingerprint density at radius 2 is 2.00 bits per heavy atom. The number of halogens is 2. The minimum Gasteiger partial charge on any atom is -0.310 e. The highest BCUT2D eigenvalue weighted by Gasteiger charge is 2.11. The van der Waals surface area contributed by atoms with Crippen LogP contribution in [0.5, 0.6) is 0 Å². The van der Waals surface area contributed by atoms with Gasteiger partial charge in [-0.2, -0.15) is 5.10 Å². The molecule has 0 spiro atoms. The molecule has 19 heavy (non-hydrogen) atoms. The van der Waals surface area contributed by atoms with Crippen LogP contribution in [0.4, 0.5) is 8.78 Å². The van der Waals surface area contributed by atoms with E-state index in [-0.39, 0.29) is 18.2 Å². The minimum absolute atomic E-state index is 0.0354. The highest BCUT2D eigenvalue weighted by atomic mass is 19.1. The summed E-state index contributed by atoms with van der Waals surface area (Å²) in [5, 5.41) is 7.40. The number of nitrogens with zero attached hydrogens (tertiary/aromatic N) is 2. The fraction of sp³-hybridized carbons (Fsp3) is 0.357. The van der Waals surface area contributed by atoms with E-state index in [1.165, 1.54) is 18.2 Å². The highest BCUT2D eigenvalue weighted by Crippen LogP contribution is 2.15. The molecule has 0 aliphatic carbocycles. The van der Waals surface area contributed by atoms with E-state index in [1.54, 1.807) is 17.1 Å². The Morgan fingerprint density at radius 1 is 1.32 bits per heavy atom. The number of hydrogen-bond donors (Lipinski definition) is 1. The smallest absolute Gasteiger partial charge is 0.131 e. The van der Waals surface area contributed by atoms with Crippen molar-refractivity contribution in [1.82, 2.24) is 15.1 Å². The summed E-state index contributed by atoms with van der Waals surface area (Å²) in [6, 6.07) is 4.04. The monoisotopic (exact) mass is 265 g/mol. The lowest BCUT2D eigenvalue weighted by Crippen LogP contribution is -2.17. The van der Waals surface area contributed by atoms with Crippen molar-refractivity contribution in [3.8, 4) is 0 Å². The number of aromatic nitrogens is 2. The Kier molecular flexibility index (Phi) is 4.27. The van der Waals surface area contributed by atoms with Gasteiger partial charge in [0.15, 0.2) is 0 Å². The van der Waals surface area contributed by atoms with E-state index >= 15 is 0 Å². The lowest BCUT2D eigenvalue weighted by atomic mass is 10.2. The predicted molar refractivity (Wildman–Crippen MR) is 69.8 cm³/mol. The Morgan fingerprint density at radius 3 is 2.63 bits per heavy atom. The summed E-state index contributed by atoms with van der Waals surface area (Å²) >= 11 is 0. The van der Waals surface area contributed by atoms with Crippen molar-refractivity contribution < 1.29 is 8.78 Å². The van der Waals surface area contributed by atoms with Gasteiger partial charge in [0.1, 0.15) is 11.6 Å². The molecule has 0 saturated heterocycles. The van der Waals surface area contributed by atoms with E-state index in [0.717, 1.165) is 12.1 Å². The van der Waals surface area contributed by atoms with E-state index < -0.39 is 11.6 Å². The molecular formula is C14H17F2N3. The van der Waals surface area contributed by atoms with Gasteiger partial charge in [0.25, 0.3) is 0 Å². The second-order valence-corrected chi connectivity index (χ2v) is 4.45. The van der Waals surface area contributed by atoms with Gasteiger partial charge in [-0.15, -0.1) is 0 Å². The summed E-state index contributed by atoms with van der Waals surface area (Å²) in [4.78, 5) is 0. The van der Waals surface area contributed by atoms with Crippen LogP contribution < -0.4 is 5.32 Å². The minimum atomic E-state index is -0.545. The van der Waals surface area contributed by atoms with E-state index in [4.69, 9.17) is 0 Å². The first-order chi connectivity index (χ1) is 9.11. The maximum absolute atomic E-state index is 13.5. The molecule has 0 aliphatic heterocycles. The van der Waals surface area contributed by atoms with Crippen molar-refractivity contribution in [1.29, 1.82) is 0 Å². The fourth-order valence-corrected chi connectivity index (χ4v) is 1.96. The standard InChI is InChI=1S/C14H17F2N3/c1-3-17-10(2)11-7-18-19(8-11)9-12-13(15)5-4-6-14(12)16/h4-8,10,17H,3,9H2,1-2H3. The third kappa shape index (κ3) is 3.17. The van der Waals surface area contributed by atoms with Gasteiger partial charge < -0.3 is 5.32 Å². The number of benzene rings is 1. The first kappa shape index (κ1) is 13.7. The molecule has 1 aromatic carbocycles. The molecule has 0 saturated carbocycles. The molecule has 1 atom stereocenters. The van der Waals surface area contributed by atoms with Gasteiger partial charge in [-0.25, -0.2) is 8.78 Å². The number of hydrogen-bond acceptors (Lipinski definition) is 2. The summed E-state index contributed by atoms with van der Waals surface area (Å²) in [6.07, 6.45) is 3.52. The van der Waals surface area contributed by atoms with Crippen LogP contribution in [0.25, 0.3) is 0 Å². The van der Waals surface area contributed by atoms with Crippen LogP contribution in [0.3, 0.4) is 0 Å². The SMILES string of the molecule is CCNC(C)c1cnn(Cc2c(F)cccc2F)c1. The van der Waals surface area contributed by atoms with Gasteiger partial charge in [-0.05, 0) is 25.6 Å². The molecule has 1 N–H and O–H groups in total. The zero-order chi connectivity index (χ0) is 13.8. The Bertz CT molecular complexity index is 531. The maximum atomic E-state index is 13.5. The summed E-state index contributed by atoms with van der Waals surface area (Å²) in [5.74, 6) is -1.09. The molecule has 0 aliphatic rings. The molecule has 1 heterocycles. The van der Waals surface area contributed by atoms with Crippen molar-refractivity contribution in [2.24, 2.45) is 0 Å². The van der Waals surface area contributed by atoms with E-state index in [1.807, 2.05) is 13.8 Å². The van der Waals surface area contributed by atoms with Crippen LogP contribution >= 0.6 is 0 Å². The normalized spacial score (nSPS) is 12.6. The lowest BCUT2D eigenvalue weighted by molar-refractivity contribution is 0.532. The topological polar surface area (TPSA) is 29.9 Å². The molecule has 2 rings (SSSR count). The van der Waals surface area contributed by atoms with Gasteiger partial charge in [0.2, 0.25) is 0 Å².